The maximum absolute atomic E-state index is 11.6. The minimum atomic E-state index is -1.03. The Morgan fingerprint density at radius 1 is 1.20 bits per heavy atom. The van der Waals surface area contributed by atoms with Crippen LogP contribution >= 0.6 is 11.3 Å². The number of nitrogens with zero attached hydrogens (tertiary/aromatic N) is 1. The Labute approximate surface area is 149 Å². The van der Waals surface area contributed by atoms with Crippen molar-refractivity contribution in [1.29, 1.82) is 0 Å². The number of rotatable bonds is 6. The van der Waals surface area contributed by atoms with Gasteiger partial charge in [0.25, 0.3) is 0 Å². The number of carbonyl (C=O) groups is 1. The van der Waals surface area contributed by atoms with E-state index < -0.39 is 5.97 Å². The Hall–Kier alpha value is -2.86. The molecule has 0 aliphatic heterocycles. The second-order valence-electron chi connectivity index (χ2n) is 5.40. The molecule has 6 heteroatoms. The zero-order valence-electron chi connectivity index (χ0n) is 13.9. The molecule has 1 heterocycles. The minimum Gasteiger partial charge on any atom is -0.497 e. The zero-order chi connectivity index (χ0) is 17.8. The van der Waals surface area contributed by atoms with E-state index in [1.165, 1.54) is 11.3 Å². The number of methoxy groups -OCH3 is 1. The van der Waals surface area contributed by atoms with Crippen LogP contribution in [0.25, 0.3) is 11.3 Å². The summed E-state index contributed by atoms with van der Waals surface area (Å²) in [6.45, 7) is 2.19. The molecule has 0 saturated heterocycles. The van der Waals surface area contributed by atoms with Crippen molar-refractivity contribution in [3.05, 3.63) is 64.0 Å². The summed E-state index contributed by atoms with van der Waals surface area (Å²) in [4.78, 5) is 16.0. The Bertz CT molecular complexity index is 887. The van der Waals surface area contributed by atoms with Crippen molar-refractivity contribution in [2.45, 2.75) is 13.5 Å². The lowest BCUT2D eigenvalue weighted by molar-refractivity contribution is 0.0692. The molecule has 3 rings (SSSR count). The van der Waals surface area contributed by atoms with Gasteiger partial charge >= 0.3 is 5.97 Å². The van der Waals surface area contributed by atoms with Gasteiger partial charge in [-0.3, -0.25) is 0 Å². The summed E-state index contributed by atoms with van der Waals surface area (Å²) >= 11 is 1.53. The molecule has 0 fully saturated rings. The molecule has 0 aliphatic rings. The van der Waals surface area contributed by atoms with Crippen molar-refractivity contribution in [1.82, 2.24) is 4.98 Å². The van der Waals surface area contributed by atoms with Gasteiger partial charge in [-0.05, 0) is 42.8 Å². The van der Waals surface area contributed by atoms with Gasteiger partial charge in [0.15, 0.2) is 0 Å². The first-order chi connectivity index (χ1) is 12.1. The SMILES string of the molecule is COc1ccc(COc2ccc(-c3csc(C)n3)cc2C(=O)O)cc1. The minimum absolute atomic E-state index is 0.122. The number of benzene rings is 2. The predicted molar refractivity (Wildman–Crippen MR) is 96.6 cm³/mol. The first-order valence-electron chi connectivity index (χ1n) is 7.62. The van der Waals surface area contributed by atoms with Crippen molar-refractivity contribution in [3.8, 4) is 22.8 Å². The van der Waals surface area contributed by atoms with Gasteiger partial charge in [-0.2, -0.15) is 0 Å². The van der Waals surface area contributed by atoms with Gasteiger partial charge in [0.1, 0.15) is 23.7 Å². The number of carboxylic acid groups (broad SMARTS) is 1. The predicted octanol–water partition coefficient (Wildman–Crippen LogP) is 4.40. The first-order valence-corrected chi connectivity index (χ1v) is 8.50. The Balaban J connectivity index is 1.81. The second-order valence-corrected chi connectivity index (χ2v) is 6.47. The molecule has 0 atom stereocenters. The van der Waals surface area contributed by atoms with Gasteiger partial charge in [0, 0.05) is 10.9 Å². The van der Waals surface area contributed by atoms with Gasteiger partial charge < -0.3 is 14.6 Å². The molecule has 128 valence electrons. The van der Waals surface area contributed by atoms with Gasteiger partial charge in [0.2, 0.25) is 0 Å². The summed E-state index contributed by atoms with van der Waals surface area (Å²) in [5.41, 5.74) is 2.58. The van der Waals surface area contributed by atoms with Crippen LogP contribution in [0.1, 0.15) is 20.9 Å². The van der Waals surface area contributed by atoms with Crippen LogP contribution in [-0.4, -0.2) is 23.2 Å². The van der Waals surface area contributed by atoms with Gasteiger partial charge in [-0.1, -0.05) is 12.1 Å². The fraction of sp³-hybridized carbons (Fsp3) is 0.158. The molecule has 0 spiro atoms. The molecule has 5 nitrogen and oxygen atoms in total. The standard InChI is InChI=1S/C19H17NO4S/c1-12-20-17(11-25-12)14-5-8-18(16(9-14)19(21)22)24-10-13-3-6-15(23-2)7-4-13/h3-9,11H,10H2,1-2H3,(H,21,22). The summed E-state index contributed by atoms with van der Waals surface area (Å²) in [6, 6.07) is 12.5. The molecule has 2 aromatic carbocycles. The number of thiazole rings is 1. The maximum atomic E-state index is 11.6. The Morgan fingerprint density at radius 2 is 1.96 bits per heavy atom. The Morgan fingerprint density at radius 3 is 2.56 bits per heavy atom. The maximum Gasteiger partial charge on any atom is 0.339 e. The van der Waals surface area contributed by atoms with Crippen molar-refractivity contribution in [2.75, 3.05) is 7.11 Å². The third-order valence-corrected chi connectivity index (χ3v) is 4.45. The van der Waals surface area contributed by atoms with Crippen LogP contribution in [-0.2, 0) is 6.61 Å². The van der Waals surface area contributed by atoms with Crippen molar-refractivity contribution in [3.63, 3.8) is 0 Å². The summed E-state index contributed by atoms with van der Waals surface area (Å²) in [7, 11) is 1.61. The van der Waals surface area contributed by atoms with E-state index in [-0.39, 0.29) is 12.2 Å². The molecule has 1 N–H and O–H groups in total. The average Bonchev–Trinajstić information content (AvgIpc) is 3.06. The third-order valence-electron chi connectivity index (χ3n) is 3.68. The largest absolute Gasteiger partial charge is 0.497 e. The number of aryl methyl sites for hydroxylation is 1. The van der Waals surface area contributed by atoms with Crippen LogP contribution in [0.3, 0.4) is 0 Å². The smallest absolute Gasteiger partial charge is 0.339 e. The molecule has 0 saturated carbocycles. The molecule has 25 heavy (non-hydrogen) atoms. The van der Waals surface area contributed by atoms with Gasteiger partial charge in [-0.25, -0.2) is 9.78 Å². The quantitative estimate of drug-likeness (QED) is 0.709. The number of hydrogen-bond donors (Lipinski definition) is 1. The fourth-order valence-corrected chi connectivity index (χ4v) is 2.98. The highest BCUT2D eigenvalue weighted by molar-refractivity contribution is 7.09. The summed E-state index contributed by atoms with van der Waals surface area (Å²) in [5.74, 6) is 0.0652. The summed E-state index contributed by atoms with van der Waals surface area (Å²) < 4.78 is 10.8. The van der Waals surface area contributed by atoms with E-state index in [9.17, 15) is 9.90 Å². The van der Waals surface area contributed by atoms with E-state index in [1.54, 1.807) is 19.2 Å². The first kappa shape index (κ1) is 17.0. The zero-order valence-corrected chi connectivity index (χ0v) is 14.7. The van der Waals surface area contributed by atoms with Crippen LogP contribution in [0.4, 0.5) is 0 Å². The van der Waals surface area contributed by atoms with E-state index in [4.69, 9.17) is 9.47 Å². The highest BCUT2D eigenvalue weighted by Crippen LogP contribution is 2.28. The Kier molecular flexibility index (Phi) is 5.00. The van der Waals surface area contributed by atoms with E-state index in [2.05, 4.69) is 4.98 Å². The highest BCUT2D eigenvalue weighted by Gasteiger charge is 2.14. The molecule has 3 aromatic rings. The summed E-state index contributed by atoms with van der Waals surface area (Å²) in [5, 5.41) is 12.3. The van der Waals surface area contributed by atoms with E-state index in [0.29, 0.717) is 5.75 Å². The molecule has 0 radical (unpaired) electrons. The molecular formula is C19H17NO4S. The van der Waals surface area contributed by atoms with Gasteiger partial charge in [0.05, 0.1) is 17.8 Å². The van der Waals surface area contributed by atoms with E-state index in [1.807, 2.05) is 42.6 Å². The lowest BCUT2D eigenvalue weighted by Crippen LogP contribution is -2.04. The fourth-order valence-electron chi connectivity index (χ4n) is 2.36. The normalized spacial score (nSPS) is 10.5. The van der Waals surface area contributed by atoms with E-state index >= 15 is 0 Å². The number of hydrogen-bond acceptors (Lipinski definition) is 5. The molecular weight excluding hydrogens is 338 g/mol. The monoisotopic (exact) mass is 355 g/mol. The topological polar surface area (TPSA) is 68.7 Å². The second kappa shape index (κ2) is 7.36. The molecule has 0 bridgehead atoms. The number of aromatic carboxylic acids is 1. The van der Waals surface area contributed by atoms with E-state index in [0.717, 1.165) is 27.6 Å². The van der Waals surface area contributed by atoms with Crippen molar-refractivity contribution in [2.24, 2.45) is 0 Å². The van der Waals surface area contributed by atoms with Crippen LogP contribution < -0.4 is 9.47 Å². The molecule has 0 unspecified atom stereocenters. The van der Waals surface area contributed by atoms with Crippen LogP contribution in [0.2, 0.25) is 0 Å². The highest BCUT2D eigenvalue weighted by atomic mass is 32.1. The average molecular weight is 355 g/mol. The van der Waals surface area contributed by atoms with Crippen LogP contribution in [0.5, 0.6) is 11.5 Å². The molecule has 0 amide bonds. The number of carboxylic acids is 1. The van der Waals surface area contributed by atoms with Crippen LogP contribution in [0, 0.1) is 6.92 Å². The van der Waals surface area contributed by atoms with Crippen molar-refractivity contribution < 1.29 is 19.4 Å². The third kappa shape index (κ3) is 3.97. The molecule has 0 aliphatic carbocycles. The van der Waals surface area contributed by atoms with Crippen molar-refractivity contribution >= 4 is 17.3 Å². The van der Waals surface area contributed by atoms with Crippen LogP contribution in [0.15, 0.2) is 47.8 Å². The lowest BCUT2D eigenvalue weighted by atomic mass is 10.1. The van der Waals surface area contributed by atoms with Gasteiger partial charge in [-0.15, -0.1) is 11.3 Å². The lowest BCUT2D eigenvalue weighted by Gasteiger charge is -2.11. The summed E-state index contributed by atoms with van der Waals surface area (Å²) in [6.07, 6.45) is 0. The number of ether oxygens (including phenoxy) is 2. The molecule has 1 aromatic heterocycles. The number of aromatic nitrogens is 1.